The first-order valence-corrected chi connectivity index (χ1v) is 4.29. The topological polar surface area (TPSA) is 12.0 Å². The fourth-order valence-electron chi connectivity index (χ4n) is 0.825. The maximum absolute atomic E-state index is 5.98. The second-order valence-electron chi connectivity index (χ2n) is 2.30. The Kier molecular flexibility index (Phi) is 6.28. The summed E-state index contributed by atoms with van der Waals surface area (Å²) in [6.45, 7) is 4.92. The highest BCUT2D eigenvalue weighted by atomic mass is 35.5. The van der Waals surface area contributed by atoms with E-state index in [1.165, 1.54) is 0 Å². The highest BCUT2D eigenvalue weighted by molar-refractivity contribution is 6.32. The molecule has 0 saturated carbocycles. The van der Waals surface area contributed by atoms with E-state index in [1.807, 2.05) is 26.1 Å². The number of hydrogen-bond donors (Lipinski definition) is 1. The maximum atomic E-state index is 5.98. The number of nitrogens with one attached hydrogen (secondary N) is 1. The van der Waals surface area contributed by atoms with Gasteiger partial charge in [-0.3, -0.25) is 0 Å². The smallest absolute Gasteiger partial charge is 0.0407 e. The average molecular weight is 174 g/mol. The molecule has 0 radical (unpaired) electrons. The summed E-state index contributed by atoms with van der Waals surface area (Å²) in [4.78, 5) is 0. The summed E-state index contributed by atoms with van der Waals surface area (Å²) in [6, 6.07) is 0. The van der Waals surface area contributed by atoms with Gasteiger partial charge >= 0.3 is 0 Å². The van der Waals surface area contributed by atoms with Crippen LogP contribution in [0.1, 0.15) is 20.3 Å². The van der Waals surface area contributed by atoms with Gasteiger partial charge in [-0.1, -0.05) is 30.7 Å². The van der Waals surface area contributed by atoms with E-state index in [1.54, 1.807) is 0 Å². The molecule has 0 aromatic carbocycles. The number of halogens is 1. The van der Waals surface area contributed by atoms with Gasteiger partial charge in [0.15, 0.2) is 0 Å². The highest BCUT2D eigenvalue weighted by Gasteiger charge is 1.97. The molecule has 0 atom stereocenters. The van der Waals surface area contributed by atoms with E-state index in [9.17, 15) is 0 Å². The third kappa shape index (κ3) is 4.23. The molecule has 0 rings (SSSR count). The van der Waals surface area contributed by atoms with Gasteiger partial charge in [0.2, 0.25) is 0 Å². The molecule has 0 aliphatic heterocycles. The second-order valence-corrected chi connectivity index (χ2v) is 2.71. The zero-order valence-electron chi connectivity index (χ0n) is 7.45. The molecule has 0 heterocycles. The fourth-order valence-corrected chi connectivity index (χ4v) is 1.16. The van der Waals surface area contributed by atoms with Crippen molar-refractivity contribution in [2.75, 3.05) is 13.6 Å². The van der Waals surface area contributed by atoms with Crippen LogP contribution < -0.4 is 5.32 Å². The molecule has 1 N–H and O–H groups in total. The van der Waals surface area contributed by atoms with Crippen LogP contribution in [0.25, 0.3) is 0 Å². The van der Waals surface area contributed by atoms with Gasteiger partial charge in [0.25, 0.3) is 0 Å². The van der Waals surface area contributed by atoms with Crippen LogP contribution in [0, 0.1) is 0 Å². The van der Waals surface area contributed by atoms with E-state index in [0.717, 1.165) is 23.6 Å². The van der Waals surface area contributed by atoms with Crippen LogP contribution in [0.15, 0.2) is 22.8 Å². The third-order valence-electron chi connectivity index (χ3n) is 1.41. The Hall–Kier alpha value is -0.270. The van der Waals surface area contributed by atoms with Crippen LogP contribution in [0.5, 0.6) is 0 Å². The van der Waals surface area contributed by atoms with Gasteiger partial charge in [-0.15, -0.1) is 0 Å². The van der Waals surface area contributed by atoms with Crippen molar-refractivity contribution in [1.29, 1.82) is 0 Å². The molecule has 0 aliphatic rings. The largest absolute Gasteiger partial charge is 0.316 e. The van der Waals surface area contributed by atoms with Gasteiger partial charge < -0.3 is 5.32 Å². The Labute approximate surface area is 74.1 Å². The summed E-state index contributed by atoms with van der Waals surface area (Å²) >= 11 is 5.98. The Bertz CT molecular complexity index is 159. The molecule has 0 aromatic heterocycles. The molecule has 64 valence electrons. The first-order valence-electron chi connectivity index (χ1n) is 3.92. The molecule has 0 spiro atoms. The first-order chi connectivity index (χ1) is 5.26. The number of likely N-dealkylation sites (N-methyl/N-ethyl adjacent to an activating group) is 1. The molecular formula is C9H16ClN. The molecule has 0 bridgehead atoms. The Balaban J connectivity index is 4.15. The monoisotopic (exact) mass is 173 g/mol. The zero-order valence-corrected chi connectivity index (χ0v) is 8.20. The van der Waals surface area contributed by atoms with E-state index in [2.05, 4.69) is 12.2 Å². The normalized spacial score (nSPS) is 13.8. The molecule has 0 fully saturated rings. The molecule has 2 heteroatoms. The Morgan fingerprint density at radius 2 is 2.18 bits per heavy atom. The molecule has 0 aliphatic carbocycles. The van der Waals surface area contributed by atoms with Crippen molar-refractivity contribution in [2.24, 2.45) is 0 Å². The van der Waals surface area contributed by atoms with E-state index in [4.69, 9.17) is 11.6 Å². The second kappa shape index (κ2) is 6.44. The molecule has 0 amide bonds. The maximum Gasteiger partial charge on any atom is 0.0407 e. The summed E-state index contributed by atoms with van der Waals surface area (Å²) in [5.41, 5.74) is 1.16. The minimum Gasteiger partial charge on any atom is -0.316 e. The SMILES string of the molecule is C/C=C(CNC)\C(Cl)=C/CC. The van der Waals surface area contributed by atoms with Gasteiger partial charge in [0, 0.05) is 11.6 Å². The number of allylic oxidation sites excluding steroid dienone is 2. The summed E-state index contributed by atoms with van der Waals surface area (Å²) in [6.07, 6.45) is 5.04. The number of rotatable bonds is 4. The van der Waals surface area contributed by atoms with Crippen molar-refractivity contribution < 1.29 is 0 Å². The Morgan fingerprint density at radius 1 is 1.55 bits per heavy atom. The quantitative estimate of drug-likeness (QED) is 0.645. The van der Waals surface area contributed by atoms with Crippen molar-refractivity contribution in [3.63, 3.8) is 0 Å². The predicted octanol–water partition coefficient (Wildman–Crippen LogP) is 2.68. The fraction of sp³-hybridized carbons (Fsp3) is 0.556. The van der Waals surface area contributed by atoms with E-state index >= 15 is 0 Å². The summed E-state index contributed by atoms with van der Waals surface area (Å²) in [7, 11) is 1.92. The third-order valence-corrected chi connectivity index (χ3v) is 1.80. The van der Waals surface area contributed by atoms with Gasteiger partial charge in [-0.25, -0.2) is 0 Å². The van der Waals surface area contributed by atoms with Gasteiger partial charge in [-0.05, 0) is 26.0 Å². The van der Waals surface area contributed by atoms with Crippen molar-refractivity contribution >= 4 is 11.6 Å². The zero-order chi connectivity index (χ0) is 8.69. The minimum atomic E-state index is 0.839. The molecule has 0 saturated heterocycles. The van der Waals surface area contributed by atoms with Crippen molar-refractivity contribution in [2.45, 2.75) is 20.3 Å². The first kappa shape index (κ1) is 10.7. The lowest BCUT2D eigenvalue weighted by atomic mass is 10.2. The standard InChI is InChI=1S/C9H16ClN/c1-4-6-9(10)8(5-2)7-11-3/h5-6,11H,4,7H2,1-3H3/b8-5-,9-6+. The van der Waals surface area contributed by atoms with Gasteiger partial charge in [-0.2, -0.15) is 0 Å². The van der Waals surface area contributed by atoms with Crippen LogP contribution in [-0.2, 0) is 0 Å². The number of hydrogen-bond acceptors (Lipinski definition) is 1. The van der Waals surface area contributed by atoms with Crippen LogP contribution in [0.4, 0.5) is 0 Å². The summed E-state index contributed by atoms with van der Waals surface area (Å²) in [5.74, 6) is 0. The highest BCUT2D eigenvalue weighted by Crippen LogP contribution is 2.14. The summed E-state index contributed by atoms with van der Waals surface area (Å²) < 4.78 is 0. The van der Waals surface area contributed by atoms with Crippen LogP contribution in [-0.4, -0.2) is 13.6 Å². The molecule has 0 unspecified atom stereocenters. The summed E-state index contributed by atoms with van der Waals surface area (Å²) in [5, 5.41) is 3.93. The van der Waals surface area contributed by atoms with Gasteiger partial charge in [0.1, 0.15) is 0 Å². The van der Waals surface area contributed by atoms with E-state index < -0.39 is 0 Å². The van der Waals surface area contributed by atoms with Crippen molar-refractivity contribution in [3.05, 3.63) is 22.8 Å². The lowest BCUT2D eigenvalue weighted by molar-refractivity contribution is 0.890. The Morgan fingerprint density at radius 3 is 2.55 bits per heavy atom. The van der Waals surface area contributed by atoms with Crippen LogP contribution >= 0.6 is 11.6 Å². The van der Waals surface area contributed by atoms with Crippen LogP contribution in [0.3, 0.4) is 0 Å². The van der Waals surface area contributed by atoms with Crippen LogP contribution in [0.2, 0.25) is 0 Å². The average Bonchev–Trinajstić information content (AvgIpc) is 2.00. The molecule has 1 nitrogen and oxygen atoms in total. The van der Waals surface area contributed by atoms with E-state index in [0.29, 0.717) is 0 Å². The van der Waals surface area contributed by atoms with E-state index in [-0.39, 0.29) is 0 Å². The lowest BCUT2D eigenvalue weighted by Crippen LogP contribution is -2.10. The molecule has 11 heavy (non-hydrogen) atoms. The van der Waals surface area contributed by atoms with Crippen molar-refractivity contribution in [3.8, 4) is 0 Å². The van der Waals surface area contributed by atoms with Crippen molar-refractivity contribution in [1.82, 2.24) is 5.32 Å². The molecule has 0 aromatic rings. The predicted molar refractivity (Wildman–Crippen MR) is 51.9 cm³/mol. The van der Waals surface area contributed by atoms with Gasteiger partial charge in [0.05, 0.1) is 0 Å². The minimum absolute atomic E-state index is 0.839. The molecular weight excluding hydrogens is 158 g/mol. The lowest BCUT2D eigenvalue weighted by Gasteiger charge is -2.03.